The third kappa shape index (κ3) is 6.04. The van der Waals surface area contributed by atoms with E-state index >= 15 is 0 Å². The Bertz CT molecular complexity index is 714. The van der Waals surface area contributed by atoms with Gasteiger partial charge in [-0.25, -0.2) is 0 Å². The predicted molar refractivity (Wildman–Crippen MR) is 110 cm³/mol. The Kier molecular flexibility index (Phi) is 7.42. The van der Waals surface area contributed by atoms with Gasteiger partial charge in [0.2, 0.25) is 5.91 Å². The fourth-order valence-electron chi connectivity index (χ4n) is 3.10. The minimum atomic E-state index is 0.0207. The van der Waals surface area contributed by atoms with Gasteiger partial charge in [0.05, 0.1) is 10.8 Å². The molecule has 1 saturated heterocycles. The highest BCUT2D eigenvalue weighted by molar-refractivity contribution is 8.00. The van der Waals surface area contributed by atoms with Crippen molar-refractivity contribution in [1.82, 2.24) is 10.2 Å². The van der Waals surface area contributed by atoms with Gasteiger partial charge in [0, 0.05) is 18.0 Å². The topological polar surface area (TPSA) is 32.3 Å². The highest BCUT2D eigenvalue weighted by Gasteiger charge is 2.10. The summed E-state index contributed by atoms with van der Waals surface area (Å²) in [7, 11) is 0. The molecule has 0 saturated carbocycles. The van der Waals surface area contributed by atoms with Crippen LogP contribution in [0.4, 0.5) is 0 Å². The van der Waals surface area contributed by atoms with E-state index in [1.165, 1.54) is 49.7 Å². The summed E-state index contributed by atoms with van der Waals surface area (Å²) in [6.45, 7) is 4.01. The zero-order valence-electron chi connectivity index (χ0n) is 14.9. The van der Waals surface area contributed by atoms with E-state index in [9.17, 15) is 4.79 Å². The number of halogens is 1. The molecule has 3 rings (SSSR count). The molecule has 2 aromatic carbocycles. The summed E-state index contributed by atoms with van der Waals surface area (Å²) in [6, 6.07) is 16.2. The third-order valence-corrected chi connectivity index (χ3v) is 6.08. The molecular weight excluding hydrogens is 364 g/mol. The predicted octanol–water partition coefficient (Wildman–Crippen LogP) is 4.73. The van der Waals surface area contributed by atoms with Gasteiger partial charge in [0.1, 0.15) is 0 Å². The Hall–Kier alpha value is -1.49. The van der Waals surface area contributed by atoms with Crippen LogP contribution < -0.4 is 5.32 Å². The minimum Gasteiger partial charge on any atom is -0.351 e. The van der Waals surface area contributed by atoms with E-state index < -0.39 is 0 Å². The van der Waals surface area contributed by atoms with Crippen molar-refractivity contribution in [2.24, 2.45) is 0 Å². The summed E-state index contributed by atoms with van der Waals surface area (Å²) in [4.78, 5) is 15.5. The van der Waals surface area contributed by atoms with Crippen LogP contribution in [0.5, 0.6) is 0 Å². The van der Waals surface area contributed by atoms with Crippen LogP contribution in [0.1, 0.15) is 30.4 Å². The largest absolute Gasteiger partial charge is 0.351 e. The highest BCUT2D eigenvalue weighted by Crippen LogP contribution is 2.26. The van der Waals surface area contributed by atoms with Gasteiger partial charge in [0.15, 0.2) is 0 Å². The normalized spacial score (nSPS) is 15.0. The van der Waals surface area contributed by atoms with Crippen molar-refractivity contribution >= 4 is 29.3 Å². The summed E-state index contributed by atoms with van der Waals surface area (Å²) >= 11 is 7.57. The van der Waals surface area contributed by atoms with Crippen LogP contribution in [0.15, 0.2) is 53.4 Å². The quantitative estimate of drug-likeness (QED) is 0.695. The van der Waals surface area contributed by atoms with Gasteiger partial charge in [-0.1, -0.05) is 54.4 Å². The van der Waals surface area contributed by atoms with Gasteiger partial charge in [-0.3, -0.25) is 9.69 Å². The first-order valence-corrected chi connectivity index (χ1v) is 10.5. The maximum Gasteiger partial charge on any atom is 0.230 e. The zero-order valence-corrected chi connectivity index (χ0v) is 16.5. The van der Waals surface area contributed by atoms with Gasteiger partial charge in [0.25, 0.3) is 0 Å². The van der Waals surface area contributed by atoms with Gasteiger partial charge < -0.3 is 5.32 Å². The average molecular weight is 389 g/mol. The number of carbonyl (C=O) groups is 1. The molecule has 1 fully saturated rings. The van der Waals surface area contributed by atoms with Crippen LogP contribution in [0.25, 0.3) is 0 Å². The summed E-state index contributed by atoms with van der Waals surface area (Å²) in [6.07, 6.45) is 4.00. The Labute approximate surface area is 165 Å². The van der Waals surface area contributed by atoms with Crippen LogP contribution in [0.3, 0.4) is 0 Å². The highest BCUT2D eigenvalue weighted by atomic mass is 35.5. The van der Waals surface area contributed by atoms with E-state index in [2.05, 4.69) is 34.5 Å². The second-order valence-corrected chi connectivity index (χ2v) is 8.07. The first kappa shape index (κ1) is 19.3. The molecule has 0 bridgehead atoms. The van der Waals surface area contributed by atoms with Crippen molar-refractivity contribution in [3.63, 3.8) is 0 Å². The Morgan fingerprint density at radius 2 is 1.69 bits per heavy atom. The maximum absolute atomic E-state index is 12.0. The van der Waals surface area contributed by atoms with E-state index in [0.29, 0.717) is 17.3 Å². The Morgan fingerprint density at radius 3 is 2.42 bits per heavy atom. The van der Waals surface area contributed by atoms with Crippen LogP contribution in [0.2, 0.25) is 5.02 Å². The summed E-state index contributed by atoms with van der Waals surface area (Å²) in [5, 5.41) is 3.67. The molecule has 26 heavy (non-hydrogen) atoms. The van der Waals surface area contributed by atoms with Crippen LogP contribution >= 0.6 is 23.4 Å². The fourth-order valence-corrected chi connectivity index (χ4v) is 4.16. The molecule has 1 N–H and O–H groups in total. The number of nitrogens with zero attached hydrogens (tertiary/aromatic N) is 1. The zero-order chi connectivity index (χ0) is 18.2. The van der Waals surface area contributed by atoms with Crippen molar-refractivity contribution in [3.05, 3.63) is 64.7 Å². The lowest BCUT2D eigenvalue weighted by Gasteiger charge is -2.26. The molecule has 3 nitrogen and oxygen atoms in total. The Balaban J connectivity index is 1.41. The van der Waals surface area contributed by atoms with E-state index in [1.807, 2.05) is 24.3 Å². The Morgan fingerprint density at radius 1 is 1.00 bits per heavy atom. The lowest BCUT2D eigenvalue weighted by Crippen LogP contribution is -2.29. The van der Waals surface area contributed by atoms with Crippen molar-refractivity contribution in [2.45, 2.75) is 37.2 Å². The monoisotopic (exact) mass is 388 g/mol. The molecule has 0 radical (unpaired) electrons. The number of piperidine rings is 1. The summed E-state index contributed by atoms with van der Waals surface area (Å²) in [5.74, 6) is 0.392. The molecular formula is C21H25ClN2OS. The molecule has 138 valence electrons. The maximum atomic E-state index is 12.0. The van der Waals surface area contributed by atoms with Crippen molar-refractivity contribution in [1.29, 1.82) is 0 Å². The summed E-state index contributed by atoms with van der Waals surface area (Å²) in [5.41, 5.74) is 2.47. The minimum absolute atomic E-state index is 0.0207. The second-order valence-electron chi connectivity index (χ2n) is 6.65. The smallest absolute Gasteiger partial charge is 0.230 e. The number of rotatable bonds is 7. The molecule has 5 heteroatoms. The molecule has 1 heterocycles. The SMILES string of the molecule is O=C(CSc1ccccc1Cl)NCc1ccc(CN2CCCCC2)cc1. The fraction of sp³-hybridized carbons (Fsp3) is 0.381. The van der Waals surface area contributed by atoms with E-state index in [0.717, 1.165) is 17.0 Å². The standard InChI is InChI=1S/C21H25ClN2OS/c22-19-6-2-3-7-20(19)26-16-21(25)23-14-17-8-10-18(11-9-17)15-24-12-4-1-5-13-24/h2-3,6-11H,1,4-5,12-16H2,(H,23,25). The molecule has 1 aliphatic heterocycles. The first-order valence-electron chi connectivity index (χ1n) is 9.15. The lowest BCUT2D eigenvalue weighted by molar-refractivity contribution is -0.118. The molecule has 0 spiro atoms. The van der Waals surface area contributed by atoms with Gasteiger partial charge in [-0.15, -0.1) is 11.8 Å². The number of likely N-dealkylation sites (tertiary alicyclic amines) is 1. The van der Waals surface area contributed by atoms with Gasteiger partial charge in [-0.2, -0.15) is 0 Å². The molecule has 0 unspecified atom stereocenters. The van der Waals surface area contributed by atoms with E-state index in [4.69, 9.17) is 11.6 Å². The van der Waals surface area contributed by atoms with Crippen LogP contribution in [-0.4, -0.2) is 29.6 Å². The summed E-state index contributed by atoms with van der Waals surface area (Å²) < 4.78 is 0. The number of nitrogens with one attached hydrogen (secondary N) is 1. The van der Waals surface area contributed by atoms with Crippen LogP contribution in [-0.2, 0) is 17.9 Å². The molecule has 0 aliphatic carbocycles. The van der Waals surface area contributed by atoms with E-state index in [-0.39, 0.29) is 5.91 Å². The lowest BCUT2D eigenvalue weighted by atomic mass is 10.1. The van der Waals surface area contributed by atoms with Crippen LogP contribution in [0, 0.1) is 0 Å². The first-order chi connectivity index (χ1) is 12.7. The number of hydrogen-bond acceptors (Lipinski definition) is 3. The number of benzene rings is 2. The van der Waals surface area contributed by atoms with E-state index in [1.54, 1.807) is 0 Å². The van der Waals surface area contributed by atoms with Gasteiger partial charge >= 0.3 is 0 Å². The van der Waals surface area contributed by atoms with Crippen molar-refractivity contribution in [2.75, 3.05) is 18.8 Å². The average Bonchev–Trinajstić information content (AvgIpc) is 2.68. The molecule has 0 aromatic heterocycles. The molecule has 1 aliphatic rings. The second kappa shape index (κ2) is 10.0. The number of carbonyl (C=O) groups excluding carboxylic acids is 1. The molecule has 2 aromatic rings. The van der Waals surface area contributed by atoms with Gasteiger partial charge in [-0.05, 0) is 49.2 Å². The number of thioether (sulfide) groups is 1. The van der Waals surface area contributed by atoms with Crippen molar-refractivity contribution < 1.29 is 4.79 Å². The third-order valence-electron chi connectivity index (χ3n) is 4.56. The number of amides is 1. The number of hydrogen-bond donors (Lipinski definition) is 1. The molecule has 1 amide bonds. The van der Waals surface area contributed by atoms with Crippen molar-refractivity contribution in [3.8, 4) is 0 Å². The molecule has 0 atom stereocenters.